The molecule has 0 saturated carbocycles. The van der Waals surface area contributed by atoms with Crippen LogP contribution in [0.5, 0.6) is 0 Å². The maximum absolute atomic E-state index is 12.5. The summed E-state index contributed by atoms with van der Waals surface area (Å²) in [6, 6.07) is 8.36. The van der Waals surface area contributed by atoms with Crippen molar-refractivity contribution in [1.29, 1.82) is 0 Å². The van der Waals surface area contributed by atoms with E-state index < -0.39 is 12.0 Å². The summed E-state index contributed by atoms with van der Waals surface area (Å²) in [7, 11) is 0. The van der Waals surface area contributed by atoms with Crippen LogP contribution in [0.1, 0.15) is 12.0 Å². The highest BCUT2D eigenvalue weighted by Crippen LogP contribution is 2.34. The number of hydrogen-bond acceptors (Lipinski definition) is 6. The maximum atomic E-state index is 12.5. The molecule has 4 nitrogen and oxygen atoms in total. The molecule has 7 heteroatoms. The van der Waals surface area contributed by atoms with E-state index in [4.69, 9.17) is 12.2 Å². The van der Waals surface area contributed by atoms with Gasteiger partial charge in [0.25, 0.3) is 5.91 Å². The molecule has 0 spiro atoms. The van der Waals surface area contributed by atoms with Crippen LogP contribution in [-0.2, 0) is 9.59 Å². The number of thioether (sulfide) groups is 2. The number of carboxylic acid groups (broad SMARTS) is 1. The van der Waals surface area contributed by atoms with E-state index in [-0.39, 0.29) is 10.2 Å². The van der Waals surface area contributed by atoms with Gasteiger partial charge in [-0.2, -0.15) is 11.8 Å². The van der Waals surface area contributed by atoms with Crippen molar-refractivity contribution in [2.24, 2.45) is 0 Å². The van der Waals surface area contributed by atoms with Crippen LogP contribution >= 0.6 is 35.7 Å². The van der Waals surface area contributed by atoms with Crippen LogP contribution < -0.4 is 5.11 Å². The predicted molar refractivity (Wildman–Crippen MR) is 93.2 cm³/mol. The van der Waals surface area contributed by atoms with Gasteiger partial charge in [0, 0.05) is 0 Å². The lowest BCUT2D eigenvalue weighted by Gasteiger charge is -2.27. The van der Waals surface area contributed by atoms with Gasteiger partial charge in [-0.05, 0) is 30.1 Å². The summed E-state index contributed by atoms with van der Waals surface area (Å²) in [4.78, 5) is 25.4. The summed E-state index contributed by atoms with van der Waals surface area (Å²) in [5.74, 6) is -1.02. The molecule has 0 aromatic heterocycles. The number of nitrogens with zero attached hydrogens (tertiary/aromatic N) is 1. The number of carboxylic acids is 1. The first-order valence-electron chi connectivity index (χ1n) is 6.56. The smallest absolute Gasteiger partial charge is 0.266 e. The minimum Gasteiger partial charge on any atom is -0.548 e. The molecule has 0 radical (unpaired) electrons. The molecule has 1 aliphatic heterocycles. The fraction of sp³-hybridized carbons (Fsp3) is 0.267. The van der Waals surface area contributed by atoms with Crippen molar-refractivity contribution in [3.8, 4) is 0 Å². The number of thiocarbonyl (C=S) groups is 1. The lowest BCUT2D eigenvalue weighted by Crippen LogP contribution is -2.50. The van der Waals surface area contributed by atoms with Gasteiger partial charge in [0.05, 0.1) is 16.9 Å². The molecule has 1 amide bonds. The van der Waals surface area contributed by atoms with E-state index in [0.29, 0.717) is 17.1 Å². The molecule has 1 atom stereocenters. The number of hydrogen-bond donors (Lipinski definition) is 0. The monoisotopic (exact) mass is 352 g/mol. The SMILES string of the molecule is CSCC[C@@H](C(=O)[O-])N1C(=O)/C(=C\c2ccccc2)SC1=S. The third-order valence-electron chi connectivity index (χ3n) is 3.10. The highest BCUT2D eigenvalue weighted by Gasteiger charge is 2.37. The molecule has 1 aliphatic rings. The van der Waals surface area contributed by atoms with E-state index >= 15 is 0 Å². The van der Waals surface area contributed by atoms with Crippen molar-refractivity contribution in [2.45, 2.75) is 12.5 Å². The quantitative estimate of drug-likeness (QED) is 0.574. The molecule has 1 aromatic carbocycles. The minimum absolute atomic E-state index is 0.266. The van der Waals surface area contributed by atoms with Crippen LogP contribution in [0.3, 0.4) is 0 Å². The molecule has 0 unspecified atom stereocenters. The Balaban J connectivity index is 2.24. The number of amides is 1. The van der Waals surface area contributed by atoms with Crippen molar-refractivity contribution in [3.05, 3.63) is 40.8 Å². The molecule has 22 heavy (non-hydrogen) atoms. The molecule has 0 bridgehead atoms. The number of carbonyl (C=O) groups is 2. The number of rotatable bonds is 6. The maximum Gasteiger partial charge on any atom is 0.266 e. The molecule has 116 valence electrons. The molecule has 1 heterocycles. The summed E-state index contributed by atoms with van der Waals surface area (Å²) in [5.41, 5.74) is 0.872. The van der Waals surface area contributed by atoms with Crippen LogP contribution in [-0.4, -0.2) is 39.1 Å². The molecule has 2 rings (SSSR count). The number of benzene rings is 1. The van der Waals surface area contributed by atoms with Gasteiger partial charge in [-0.25, -0.2) is 0 Å². The third-order valence-corrected chi connectivity index (χ3v) is 5.07. The average molecular weight is 352 g/mol. The zero-order valence-corrected chi connectivity index (χ0v) is 14.3. The van der Waals surface area contributed by atoms with Crippen LogP contribution in [0.4, 0.5) is 0 Å². The normalized spacial score (nSPS) is 18.0. The van der Waals surface area contributed by atoms with Crippen molar-refractivity contribution >= 4 is 58.0 Å². The Labute approximate surface area is 143 Å². The minimum atomic E-state index is -1.27. The molecule has 0 N–H and O–H groups in total. The van der Waals surface area contributed by atoms with Gasteiger partial charge in [0.1, 0.15) is 4.32 Å². The molecule has 1 saturated heterocycles. The summed E-state index contributed by atoms with van der Waals surface area (Å²) < 4.78 is 0.266. The second-order valence-electron chi connectivity index (χ2n) is 4.58. The summed E-state index contributed by atoms with van der Waals surface area (Å²) in [6.45, 7) is 0. The van der Waals surface area contributed by atoms with Crippen molar-refractivity contribution < 1.29 is 14.7 Å². The largest absolute Gasteiger partial charge is 0.548 e. The van der Waals surface area contributed by atoms with Crippen molar-refractivity contribution in [2.75, 3.05) is 12.0 Å². The van der Waals surface area contributed by atoms with Crippen molar-refractivity contribution in [3.63, 3.8) is 0 Å². The van der Waals surface area contributed by atoms with E-state index in [1.807, 2.05) is 36.6 Å². The van der Waals surface area contributed by atoms with E-state index in [9.17, 15) is 14.7 Å². The van der Waals surface area contributed by atoms with Gasteiger partial charge < -0.3 is 9.90 Å². The Morgan fingerprint density at radius 2 is 2.14 bits per heavy atom. The molecular formula is C15H14NO3S3-. The number of aliphatic carboxylic acids is 1. The standard InChI is InChI=1S/C15H15NO3S3/c1-21-8-7-11(14(18)19)16-13(17)12(22-15(16)20)9-10-5-3-2-4-6-10/h2-6,9,11H,7-8H2,1H3,(H,18,19)/p-1/b12-9+/t11-/m0/s1. The highest BCUT2D eigenvalue weighted by atomic mass is 32.2. The van der Waals surface area contributed by atoms with Crippen LogP contribution in [0.2, 0.25) is 0 Å². The fourth-order valence-corrected chi connectivity index (χ4v) is 3.85. The highest BCUT2D eigenvalue weighted by molar-refractivity contribution is 8.26. The van der Waals surface area contributed by atoms with Gasteiger partial charge in [-0.1, -0.05) is 54.3 Å². The van der Waals surface area contributed by atoms with Gasteiger partial charge in [-0.15, -0.1) is 0 Å². The molecule has 0 aliphatic carbocycles. The second-order valence-corrected chi connectivity index (χ2v) is 7.24. The van der Waals surface area contributed by atoms with E-state index in [2.05, 4.69) is 0 Å². The first-order valence-corrected chi connectivity index (χ1v) is 9.18. The predicted octanol–water partition coefficient (Wildman–Crippen LogP) is 1.76. The summed E-state index contributed by atoms with van der Waals surface area (Å²) in [5, 5.41) is 11.3. The Kier molecular flexibility index (Phi) is 6.05. The van der Waals surface area contributed by atoms with Gasteiger partial charge in [-0.3, -0.25) is 9.69 Å². The van der Waals surface area contributed by atoms with Gasteiger partial charge in [0.2, 0.25) is 0 Å². The van der Waals surface area contributed by atoms with E-state index in [1.54, 1.807) is 6.08 Å². The summed E-state index contributed by atoms with van der Waals surface area (Å²) in [6.07, 6.45) is 3.92. The topological polar surface area (TPSA) is 60.4 Å². The first kappa shape index (κ1) is 17.1. The Bertz CT molecular complexity index is 616. The van der Waals surface area contributed by atoms with Gasteiger partial charge >= 0.3 is 0 Å². The fourth-order valence-electron chi connectivity index (χ4n) is 2.03. The molecular weight excluding hydrogens is 338 g/mol. The van der Waals surface area contributed by atoms with Crippen LogP contribution in [0.25, 0.3) is 6.08 Å². The van der Waals surface area contributed by atoms with E-state index in [1.165, 1.54) is 16.7 Å². The molecule has 1 fully saturated rings. The third kappa shape index (κ3) is 3.91. The summed E-state index contributed by atoms with van der Waals surface area (Å²) >= 11 is 7.83. The zero-order valence-electron chi connectivity index (χ0n) is 11.9. The zero-order chi connectivity index (χ0) is 16.1. The van der Waals surface area contributed by atoms with Gasteiger partial charge in [0.15, 0.2) is 0 Å². The Morgan fingerprint density at radius 3 is 2.73 bits per heavy atom. The Hall–Kier alpha value is -1.31. The number of carbonyl (C=O) groups excluding carboxylic acids is 2. The average Bonchev–Trinajstić information content (AvgIpc) is 2.76. The first-order chi connectivity index (χ1) is 10.5. The molecule has 1 aromatic rings. The van der Waals surface area contributed by atoms with Crippen molar-refractivity contribution in [1.82, 2.24) is 4.90 Å². The Morgan fingerprint density at radius 1 is 1.45 bits per heavy atom. The second kappa shape index (κ2) is 7.80. The van der Waals surface area contributed by atoms with Crippen LogP contribution in [0.15, 0.2) is 35.2 Å². The van der Waals surface area contributed by atoms with E-state index in [0.717, 1.165) is 17.3 Å². The lowest BCUT2D eigenvalue weighted by molar-refractivity contribution is -0.310. The lowest BCUT2D eigenvalue weighted by atomic mass is 10.2. The van der Waals surface area contributed by atoms with Crippen LogP contribution in [0, 0.1) is 0 Å².